The molecule has 3 heterocycles. The highest BCUT2D eigenvalue weighted by Gasteiger charge is 2.26. The highest BCUT2D eigenvalue weighted by Crippen LogP contribution is 2.32. The van der Waals surface area contributed by atoms with Crippen LogP contribution in [0.1, 0.15) is 36.1 Å². The van der Waals surface area contributed by atoms with E-state index in [0.29, 0.717) is 22.4 Å². The lowest BCUT2D eigenvalue weighted by Crippen LogP contribution is -2.43. The van der Waals surface area contributed by atoms with Crippen LogP contribution in [-0.4, -0.2) is 65.0 Å². The van der Waals surface area contributed by atoms with Crippen molar-refractivity contribution in [2.24, 2.45) is 0 Å². The molecule has 0 saturated carbocycles. The summed E-state index contributed by atoms with van der Waals surface area (Å²) in [7, 11) is 0. The maximum atomic E-state index is 13.7. The van der Waals surface area contributed by atoms with Crippen LogP contribution in [0.25, 0.3) is 10.2 Å². The van der Waals surface area contributed by atoms with Gasteiger partial charge < -0.3 is 4.74 Å². The molecule has 0 N–H and O–H groups in total. The molecule has 7 nitrogen and oxygen atoms in total. The molecule has 0 aliphatic carbocycles. The second kappa shape index (κ2) is 10.3. The molecule has 10 heteroatoms. The molecule has 1 fully saturated rings. The predicted molar refractivity (Wildman–Crippen MR) is 128 cm³/mol. The Morgan fingerprint density at radius 3 is 2.74 bits per heavy atom. The minimum atomic E-state index is -0.0808. The Labute approximate surface area is 197 Å². The first-order valence-corrected chi connectivity index (χ1v) is 11.4. The quantitative estimate of drug-likeness (QED) is 0.518. The molecule has 0 spiro atoms. The number of aryl methyl sites for hydroxylation is 1. The number of hydrogen-bond acceptors (Lipinski definition) is 6. The zero-order valence-corrected chi connectivity index (χ0v) is 20.3. The third kappa shape index (κ3) is 5.38. The maximum Gasteiger partial charge on any atom is 0.278 e. The van der Waals surface area contributed by atoms with Crippen LogP contribution < -0.4 is 4.90 Å². The van der Waals surface area contributed by atoms with Crippen molar-refractivity contribution in [3.05, 3.63) is 40.7 Å². The summed E-state index contributed by atoms with van der Waals surface area (Å²) in [5.74, 6) is -0.0808. The molecule has 1 amide bonds. The van der Waals surface area contributed by atoms with E-state index in [4.69, 9.17) is 21.3 Å². The number of thiazole rings is 1. The van der Waals surface area contributed by atoms with Crippen LogP contribution >= 0.6 is 35.3 Å². The Balaban J connectivity index is 0.00000272. The molecule has 0 radical (unpaired) electrons. The van der Waals surface area contributed by atoms with Gasteiger partial charge in [0.25, 0.3) is 5.91 Å². The van der Waals surface area contributed by atoms with E-state index in [9.17, 15) is 4.79 Å². The number of anilines is 1. The van der Waals surface area contributed by atoms with Crippen molar-refractivity contribution in [3.63, 3.8) is 0 Å². The molecule has 31 heavy (non-hydrogen) atoms. The van der Waals surface area contributed by atoms with E-state index in [1.807, 2.05) is 45.0 Å². The predicted octanol–water partition coefficient (Wildman–Crippen LogP) is 4.44. The fourth-order valence-corrected chi connectivity index (χ4v) is 4.83. The molecular formula is C21H27Cl2N5O2S. The number of ether oxygens (including phenoxy) is 1. The minimum Gasteiger partial charge on any atom is -0.379 e. The summed E-state index contributed by atoms with van der Waals surface area (Å²) in [4.78, 5) is 22.5. The SMILES string of the molecule is Cc1cc(C(=O)N(CCN2CCOCC2)c2nc3ccc(Cl)cc3s2)n(C(C)C)n1.Cl. The van der Waals surface area contributed by atoms with E-state index in [1.54, 1.807) is 9.58 Å². The number of amides is 1. The molecule has 4 rings (SSSR count). The minimum absolute atomic E-state index is 0. The van der Waals surface area contributed by atoms with Crippen molar-refractivity contribution >= 4 is 56.6 Å². The first-order valence-electron chi connectivity index (χ1n) is 10.2. The number of morpholine rings is 1. The lowest BCUT2D eigenvalue weighted by atomic mass is 10.3. The van der Waals surface area contributed by atoms with Crippen molar-refractivity contribution < 1.29 is 9.53 Å². The van der Waals surface area contributed by atoms with Crippen LogP contribution in [0.15, 0.2) is 24.3 Å². The summed E-state index contributed by atoms with van der Waals surface area (Å²) < 4.78 is 8.21. The Hall–Kier alpha value is -1.71. The van der Waals surface area contributed by atoms with Crippen LogP contribution in [0, 0.1) is 6.92 Å². The Bertz CT molecular complexity index is 1050. The number of carbonyl (C=O) groups is 1. The number of nitrogens with zero attached hydrogens (tertiary/aromatic N) is 5. The zero-order chi connectivity index (χ0) is 21.3. The number of rotatable bonds is 6. The smallest absolute Gasteiger partial charge is 0.278 e. The summed E-state index contributed by atoms with van der Waals surface area (Å²) >= 11 is 7.64. The van der Waals surface area contributed by atoms with Gasteiger partial charge in [0.2, 0.25) is 0 Å². The lowest BCUT2D eigenvalue weighted by Gasteiger charge is -2.29. The van der Waals surface area contributed by atoms with Crippen molar-refractivity contribution in [2.45, 2.75) is 26.8 Å². The standard InChI is InChI=1S/C21H26ClN5O2S.ClH/c1-14(2)27-18(12-15(3)24-27)20(28)26(7-6-25-8-10-29-11-9-25)21-23-17-5-4-16(22)13-19(17)30-21;/h4-5,12-14H,6-11H2,1-3H3;1H. The first-order chi connectivity index (χ1) is 14.4. The van der Waals surface area contributed by atoms with E-state index in [-0.39, 0.29) is 24.4 Å². The number of benzene rings is 1. The van der Waals surface area contributed by atoms with E-state index >= 15 is 0 Å². The van der Waals surface area contributed by atoms with Gasteiger partial charge in [0.15, 0.2) is 5.13 Å². The average molecular weight is 484 g/mol. The molecule has 1 aliphatic rings. The lowest BCUT2D eigenvalue weighted by molar-refractivity contribution is 0.0391. The van der Waals surface area contributed by atoms with Crippen LogP contribution in [0.5, 0.6) is 0 Å². The normalized spacial score (nSPS) is 14.7. The van der Waals surface area contributed by atoms with Crippen LogP contribution in [0.3, 0.4) is 0 Å². The van der Waals surface area contributed by atoms with Gasteiger partial charge in [-0.25, -0.2) is 4.98 Å². The number of halogens is 2. The molecule has 0 atom stereocenters. The van der Waals surface area contributed by atoms with Gasteiger partial charge in [-0.1, -0.05) is 22.9 Å². The number of fused-ring (bicyclic) bond motifs is 1. The van der Waals surface area contributed by atoms with Crippen LogP contribution in [-0.2, 0) is 4.74 Å². The number of hydrogen-bond donors (Lipinski definition) is 0. The molecule has 168 valence electrons. The summed E-state index contributed by atoms with van der Waals surface area (Å²) in [6, 6.07) is 7.56. The molecule has 1 aliphatic heterocycles. The third-order valence-electron chi connectivity index (χ3n) is 5.12. The van der Waals surface area contributed by atoms with Gasteiger partial charge in [-0.3, -0.25) is 19.3 Å². The Morgan fingerprint density at radius 1 is 1.29 bits per heavy atom. The van der Waals surface area contributed by atoms with Gasteiger partial charge in [-0.05, 0) is 45.0 Å². The second-order valence-corrected chi connectivity index (χ2v) is 9.17. The average Bonchev–Trinajstić information content (AvgIpc) is 3.32. The molecule has 0 unspecified atom stereocenters. The number of carbonyl (C=O) groups excluding carboxylic acids is 1. The van der Waals surface area contributed by atoms with E-state index in [1.165, 1.54) is 11.3 Å². The first kappa shape index (κ1) is 23.9. The molecular weight excluding hydrogens is 457 g/mol. The van der Waals surface area contributed by atoms with E-state index in [2.05, 4.69) is 10.00 Å². The van der Waals surface area contributed by atoms with Gasteiger partial charge >= 0.3 is 0 Å². The van der Waals surface area contributed by atoms with Gasteiger partial charge in [0.1, 0.15) is 5.69 Å². The highest BCUT2D eigenvalue weighted by molar-refractivity contribution is 7.22. The number of aromatic nitrogens is 3. The Morgan fingerprint density at radius 2 is 2.03 bits per heavy atom. The molecule has 2 aromatic heterocycles. The van der Waals surface area contributed by atoms with Crippen molar-refractivity contribution in [2.75, 3.05) is 44.3 Å². The molecule has 0 bridgehead atoms. The van der Waals surface area contributed by atoms with Gasteiger partial charge in [0, 0.05) is 37.2 Å². The summed E-state index contributed by atoms with van der Waals surface area (Å²) in [5, 5.41) is 5.86. The molecule has 1 aromatic carbocycles. The van der Waals surface area contributed by atoms with Gasteiger partial charge in [-0.2, -0.15) is 5.10 Å². The monoisotopic (exact) mass is 483 g/mol. The molecule has 3 aromatic rings. The van der Waals surface area contributed by atoms with E-state index < -0.39 is 0 Å². The highest BCUT2D eigenvalue weighted by atomic mass is 35.5. The summed E-state index contributed by atoms with van der Waals surface area (Å²) in [6.07, 6.45) is 0. The fourth-order valence-electron chi connectivity index (χ4n) is 3.56. The van der Waals surface area contributed by atoms with Crippen molar-refractivity contribution in [1.82, 2.24) is 19.7 Å². The largest absolute Gasteiger partial charge is 0.379 e. The second-order valence-electron chi connectivity index (χ2n) is 7.73. The topological polar surface area (TPSA) is 63.5 Å². The summed E-state index contributed by atoms with van der Waals surface area (Å²) in [5.41, 5.74) is 2.26. The molecule has 1 saturated heterocycles. The Kier molecular flexibility index (Phi) is 7.93. The van der Waals surface area contributed by atoms with E-state index in [0.717, 1.165) is 48.8 Å². The van der Waals surface area contributed by atoms with Gasteiger partial charge in [0.05, 0.1) is 29.1 Å². The van der Waals surface area contributed by atoms with Crippen molar-refractivity contribution in [1.29, 1.82) is 0 Å². The van der Waals surface area contributed by atoms with Crippen molar-refractivity contribution in [3.8, 4) is 0 Å². The van der Waals surface area contributed by atoms with Crippen LogP contribution in [0.4, 0.5) is 5.13 Å². The van der Waals surface area contributed by atoms with Crippen LogP contribution in [0.2, 0.25) is 5.02 Å². The summed E-state index contributed by atoms with van der Waals surface area (Å²) in [6.45, 7) is 10.5. The maximum absolute atomic E-state index is 13.7. The third-order valence-corrected chi connectivity index (χ3v) is 6.40. The zero-order valence-electron chi connectivity index (χ0n) is 17.9. The van der Waals surface area contributed by atoms with Gasteiger partial charge in [-0.15, -0.1) is 12.4 Å². The fraction of sp³-hybridized carbons (Fsp3) is 0.476.